The number of hydrogen-bond acceptors (Lipinski definition) is 6. The van der Waals surface area contributed by atoms with E-state index >= 15 is 0 Å². The molecule has 71 heavy (non-hydrogen) atoms. The Kier molecular flexibility index (Phi) is 57.7. The van der Waals surface area contributed by atoms with Crippen molar-refractivity contribution < 1.29 is 28.6 Å². The van der Waals surface area contributed by atoms with Gasteiger partial charge in [0.15, 0.2) is 6.10 Å². The van der Waals surface area contributed by atoms with Gasteiger partial charge in [0, 0.05) is 19.3 Å². The molecular formula is C65H118O6. The van der Waals surface area contributed by atoms with Crippen molar-refractivity contribution in [3.63, 3.8) is 0 Å². The molecule has 0 aromatic rings. The van der Waals surface area contributed by atoms with Crippen LogP contribution in [-0.2, 0) is 28.6 Å². The minimum atomic E-state index is -0.780. The van der Waals surface area contributed by atoms with E-state index in [9.17, 15) is 14.4 Å². The van der Waals surface area contributed by atoms with Crippen LogP contribution in [0.25, 0.3) is 0 Å². The maximum absolute atomic E-state index is 12.9. The van der Waals surface area contributed by atoms with E-state index in [1.807, 2.05) is 18.2 Å². The molecular weight excluding hydrogens is 877 g/mol. The van der Waals surface area contributed by atoms with Gasteiger partial charge in [0.25, 0.3) is 0 Å². The summed E-state index contributed by atoms with van der Waals surface area (Å²) in [6, 6.07) is 0. The molecule has 0 aromatic carbocycles. The van der Waals surface area contributed by atoms with Gasteiger partial charge in [-0.25, -0.2) is 0 Å². The fourth-order valence-corrected chi connectivity index (χ4v) is 9.28. The molecule has 0 aromatic heterocycles. The number of carbonyl (C=O) groups is 3. The summed E-state index contributed by atoms with van der Waals surface area (Å²) in [5, 5.41) is 0. The average Bonchev–Trinajstić information content (AvgIpc) is 3.37. The Morgan fingerprint density at radius 3 is 0.859 bits per heavy atom. The Morgan fingerprint density at radius 2 is 0.549 bits per heavy atom. The summed E-state index contributed by atoms with van der Waals surface area (Å²) >= 11 is 0. The summed E-state index contributed by atoms with van der Waals surface area (Å²) in [5.41, 5.74) is 0. The highest BCUT2D eigenvalue weighted by molar-refractivity contribution is 5.71. The van der Waals surface area contributed by atoms with E-state index in [0.29, 0.717) is 19.3 Å². The van der Waals surface area contributed by atoms with Crippen molar-refractivity contribution in [1.29, 1.82) is 0 Å². The van der Waals surface area contributed by atoms with Crippen molar-refractivity contribution in [3.05, 3.63) is 48.6 Å². The lowest BCUT2D eigenvalue weighted by Crippen LogP contribution is -2.30. The zero-order valence-corrected chi connectivity index (χ0v) is 47.5. The summed E-state index contributed by atoms with van der Waals surface area (Å²) in [4.78, 5) is 38.3. The largest absolute Gasteiger partial charge is 0.462 e. The summed E-state index contributed by atoms with van der Waals surface area (Å²) in [6.07, 6.45) is 74.0. The maximum Gasteiger partial charge on any atom is 0.306 e. The van der Waals surface area contributed by atoms with E-state index in [1.165, 1.54) is 205 Å². The molecule has 0 fully saturated rings. The first-order valence-corrected chi connectivity index (χ1v) is 31.2. The Hall–Kier alpha value is -2.63. The van der Waals surface area contributed by atoms with Gasteiger partial charge in [-0.05, 0) is 38.5 Å². The smallest absolute Gasteiger partial charge is 0.306 e. The van der Waals surface area contributed by atoms with Crippen LogP contribution in [0.5, 0.6) is 0 Å². The van der Waals surface area contributed by atoms with Crippen LogP contribution in [-0.4, -0.2) is 37.2 Å². The van der Waals surface area contributed by atoms with Gasteiger partial charge in [0.2, 0.25) is 0 Å². The fraction of sp³-hybridized carbons (Fsp3) is 0.831. The minimum Gasteiger partial charge on any atom is -0.462 e. The van der Waals surface area contributed by atoms with Gasteiger partial charge in [-0.3, -0.25) is 14.4 Å². The molecule has 0 bridgehead atoms. The van der Waals surface area contributed by atoms with Crippen LogP contribution in [0, 0.1) is 0 Å². The lowest BCUT2D eigenvalue weighted by molar-refractivity contribution is -0.167. The first-order chi connectivity index (χ1) is 35.0. The number of hydrogen-bond donors (Lipinski definition) is 0. The van der Waals surface area contributed by atoms with Crippen LogP contribution in [0.15, 0.2) is 48.6 Å². The molecule has 0 heterocycles. The van der Waals surface area contributed by atoms with Gasteiger partial charge in [-0.2, -0.15) is 0 Å². The lowest BCUT2D eigenvalue weighted by Gasteiger charge is -2.18. The molecule has 414 valence electrons. The number of unbranched alkanes of at least 4 members (excludes halogenated alkanes) is 41. The zero-order valence-electron chi connectivity index (χ0n) is 47.5. The third-order valence-corrected chi connectivity index (χ3v) is 13.9. The molecule has 0 rings (SSSR count). The first-order valence-electron chi connectivity index (χ1n) is 31.2. The molecule has 0 aliphatic heterocycles. The second kappa shape index (κ2) is 59.9. The molecule has 1 atom stereocenters. The zero-order chi connectivity index (χ0) is 51.4. The molecule has 0 radical (unpaired) electrons. The monoisotopic (exact) mass is 995 g/mol. The van der Waals surface area contributed by atoms with Crippen LogP contribution in [0.4, 0.5) is 0 Å². The second-order valence-electron chi connectivity index (χ2n) is 21.0. The van der Waals surface area contributed by atoms with Crippen LogP contribution in [0.3, 0.4) is 0 Å². The number of esters is 3. The number of rotatable bonds is 57. The van der Waals surface area contributed by atoms with E-state index in [1.54, 1.807) is 0 Å². The van der Waals surface area contributed by atoms with Gasteiger partial charge in [0.05, 0.1) is 0 Å². The van der Waals surface area contributed by atoms with Crippen molar-refractivity contribution in [2.24, 2.45) is 0 Å². The van der Waals surface area contributed by atoms with Crippen molar-refractivity contribution in [2.75, 3.05) is 13.2 Å². The number of ether oxygens (including phenoxy) is 3. The Labute approximate surface area is 441 Å². The standard InChI is InChI=1S/C65H118O6/c1-4-7-10-13-16-19-22-25-28-30-32-34-37-40-43-46-49-52-55-58-64(67)70-61-62(60-69-63(66)57-54-51-48-45-42-39-36-27-24-21-18-15-12-9-6-3)71-65(68)59-56-53-50-47-44-41-38-35-33-31-29-26-23-20-17-14-11-8-5-2/h9,12,15,18,21,24,27,36,62H,4-8,10-11,13-14,16-17,19-20,22-23,25-26,28-35,37-61H2,1-3H3/b12-9-,18-15-,24-21-,36-27-. The molecule has 6 nitrogen and oxygen atoms in total. The molecule has 0 aliphatic rings. The predicted octanol–water partition coefficient (Wildman–Crippen LogP) is 21.0. The van der Waals surface area contributed by atoms with Gasteiger partial charge >= 0.3 is 17.9 Å². The normalized spacial score (nSPS) is 12.3. The molecule has 0 amide bonds. The van der Waals surface area contributed by atoms with Crippen LogP contribution >= 0.6 is 0 Å². The predicted molar refractivity (Wildman–Crippen MR) is 307 cm³/mol. The summed E-state index contributed by atoms with van der Waals surface area (Å²) in [6.45, 7) is 6.54. The molecule has 1 unspecified atom stereocenters. The molecule has 0 spiro atoms. The molecule has 0 N–H and O–H groups in total. The summed E-state index contributed by atoms with van der Waals surface area (Å²) in [5.74, 6) is -0.877. The van der Waals surface area contributed by atoms with Gasteiger partial charge < -0.3 is 14.2 Å². The minimum absolute atomic E-state index is 0.0760. The SMILES string of the molecule is CC\C=C/C=C\C=C/C=C\CCCCCCCC(=O)OCC(COC(=O)CCCCCCCCCCCCCCCCCCCCC)OC(=O)CCCCCCCCCCCCCCCCCCCCC. The first kappa shape index (κ1) is 68.4. The molecule has 0 saturated carbocycles. The van der Waals surface area contributed by atoms with E-state index in [-0.39, 0.29) is 31.1 Å². The van der Waals surface area contributed by atoms with Crippen LogP contribution in [0.1, 0.15) is 329 Å². The van der Waals surface area contributed by atoms with Gasteiger partial charge in [-0.15, -0.1) is 0 Å². The highest BCUT2D eigenvalue weighted by atomic mass is 16.6. The Balaban J connectivity index is 4.33. The van der Waals surface area contributed by atoms with Crippen molar-refractivity contribution in [1.82, 2.24) is 0 Å². The van der Waals surface area contributed by atoms with Crippen LogP contribution in [0.2, 0.25) is 0 Å². The number of carbonyl (C=O) groups excluding carboxylic acids is 3. The third kappa shape index (κ3) is 58.1. The van der Waals surface area contributed by atoms with Crippen molar-refractivity contribution in [3.8, 4) is 0 Å². The maximum atomic E-state index is 12.9. The van der Waals surface area contributed by atoms with Crippen LogP contribution < -0.4 is 0 Å². The number of allylic oxidation sites excluding steroid dienone is 8. The van der Waals surface area contributed by atoms with E-state index in [2.05, 4.69) is 51.2 Å². The van der Waals surface area contributed by atoms with E-state index in [0.717, 1.165) is 83.5 Å². The van der Waals surface area contributed by atoms with E-state index in [4.69, 9.17) is 14.2 Å². The highest BCUT2D eigenvalue weighted by Gasteiger charge is 2.19. The van der Waals surface area contributed by atoms with Gasteiger partial charge in [0.1, 0.15) is 13.2 Å². The van der Waals surface area contributed by atoms with E-state index < -0.39 is 6.10 Å². The molecule has 0 saturated heterocycles. The Bertz CT molecular complexity index is 1230. The third-order valence-electron chi connectivity index (χ3n) is 13.9. The highest BCUT2D eigenvalue weighted by Crippen LogP contribution is 2.18. The fourth-order valence-electron chi connectivity index (χ4n) is 9.28. The Morgan fingerprint density at radius 1 is 0.296 bits per heavy atom. The summed E-state index contributed by atoms with van der Waals surface area (Å²) in [7, 11) is 0. The lowest BCUT2D eigenvalue weighted by atomic mass is 10.0. The second-order valence-corrected chi connectivity index (χ2v) is 21.0. The summed E-state index contributed by atoms with van der Waals surface area (Å²) < 4.78 is 16.9. The quantitative estimate of drug-likeness (QED) is 0.0261. The van der Waals surface area contributed by atoms with Gasteiger partial charge in [-0.1, -0.05) is 320 Å². The molecule has 6 heteroatoms. The van der Waals surface area contributed by atoms with Crippen molar-refractivity contribution in [2.45, 2.75) is 335 Å². The topological polar surface area (TPSA) is 78.9 Å². The molecule has 0 aliphatic carbocycles. The average molecular weight is 996 g/mol. The van der Waals surface area contributed by atoms with Crippen molar-refractivity contribution >= 4 is 17.9 Å².